The number of imidazole rings is 1. The standard InChI is InChI=1S/C24H18ClN3O2/c1-30-19-6-4-5-17(13-19)20-14-23(29)28-22-8-3-2-7-21(22)27(24(28)26-20)15-16-9-11-18(25)12-10-16/h2-14H,15H2,1H3. The first-order chi connectivity index (χ1) is 14.6. The molecule has 0 saturated heterocycles. The van der Waals surface area contributed by atoms with Gasteiger partial charge in [-0.2, -0.15) is 0 Å². The third-order valence-corrected chi connectivity index (χ3v) is 5.43. The predicted octanol–water partition coefficient (Wildman–Crippen LogP) is 5.03. The van der Waals surface area contributed by atoms with Crippen LogP contribution in [0.15, 0.2) is 83.7 Å². The van der Waals surface area contributed by atoms with E-state index >= 15 is 0 Å². The van der Waals surface area contributed by atoms with Gasteiger partial charge in [-0.25, -0.2) is 9.38 Å². The molecule has 2 aromatic heterocycles. The Morgan fingerprint density at radius 2 is 1.70 bits per heavy atom. The van der Waals surface area contributed by atoms with Crippen molar-refractivity contribution < 1.29 is 4.74 Å². The van der Waals surface area contributed by atoms with Gasteiger partial charge in [-0.1, -0.05) is 48.0 Å². The number of benzene rings is 3. The molecule has 0 radical (unpaired) electrons. The molecule has 0 amide bonds. The van der Waals surface area contributed by atoms with Gasteiger partial charge in [0.25, 0.3) is 5.56 Å². The molecule has 5 nitrogen and oxygen atoms in total. The molecule has 148 valence electrons. The Hall–Kier alpha value is -3.57. The van der Waals surface area contributed by atoms with Crippen LogP contribution in [0, 0.1) is 0 Å². The van der Waals surface area contributed by atoms with Crippen LogP contribution in [0.4, 0.5) is 0 Å². The zero-order valence-corrected chi connectivity index (χ0v) is 17.0. The Kier molecular flexibility index (Phi) is 4.52. The molecular weight excluding hydrogens is 398 g/mol. The second kappa shape index (κ2) is 7.35. The Morgan fingerprint density at radius 1 is 0.933 bits per heavy atom. The highest BCUT2D eigenvalue weighted by Crippen LogP contribution is 2.25. The van der Waals surface area contributed by atoms with Crippen molar-refractivity contribution in [2.75, 3.05) is 7.11 Å². The molecule has 3 aromatic carbocycles. The van der Waals surface area contributed by atoms with E-state index in [-0.39, 0.29) is 5.56 Å². The Labute approximate surface area is 177 Å². The third kappa shape index (κ3) is 3.13. The molecule has 2 heterocycles. The van der Waals surface area contributed by atoms with Crippen LogP contribution in [0.3, 0.4) is 0 Å². The van der Waals surface area contributed by atoms with Crippen LogP contribution in [-0.4, -0.2) is 21.1 Å². The number of ether oxygens (including phenoxy) is 1. The van der Waals surface area contributed by atoms with Crippen molar-refractivity contribution in [3.05, 3.63) is 99.8 Å². The number of rotatable bonds is 4. The molecular formula is C24H18ClN3O2. The fraction of sp³-hybridized carbons (Fsp3) is 0.0833. The van der Waals surface area contributed by atoms with Crippen molar-refractivity contribution in [2.45, 2.75) is 6.54 Å². The SMILES string of the molecule is COc1cccc(-c2cc(=O)n3c4ccccc4n(Cc4ccc(Cl)cc4)c3n2)c1. The van der Waals surface area contributed by atoms with E-state index in [1.807, 2.05) is 72.8 Å². The molecule has 5 aromatic rings. The number of hydrogen-bond donors (Lipinski definition) is 0. The van der Waals surface area contributed by atoms with E-state index in [9.17, 15) is 4.79 Å². The van der Waals surface area contributed by atoms with Gasteiger partial charge in [-0.05, 0) is 42.0 Å². The maximum atomic E-state index is 13.1. The summed E-state index contributed by atoms with van der Waals surface area (Å²) in [6, 6.07) is 24.7. The van der Waals surface area contributed by atoms with Gasteiger partial charge in [0.15, 0.2) is 0 Å². The fourth-order valence-electron chi connectivity index (χ4n) is 3.73. The lowest BCUT2D eigenvalue weighted by Crippen LogP contribution is -2.14. The summed E-state index contributed by atoms with van der Waals surface area (Å²) in [6.07, 6.45) is 0. The minimum Gasteiger partial charge on any atom is -0.497 e. The average molecular weight is 416 g/mol. The average Bonchev–Trinajstić information content (AvgIpc) is 3.09. The Balaban J connectivity index is 1.77. The van der Waals surface area contributed by atoms with Gasteiger partial charge in [0.05, 0.1) is 30.4 Å². The number of aromatic nitrogens is 3. The minimum absolute atomic E-state index is 0.121. The van der Waals surface area contributed by atoms with Crippen LogP contribution in [0.1, 0.15) is 5.56 Å². The second-order valence-electron chi connectivity index (χ2n) is 7.05. The minimum atomic E-state index is -0.121. The van der Waals surface area contributed by atoms with E-state index in [0.717, 1.165) is 27.9 Å². The highest BCUT2D eigenvalue weighted by atomic mass is 35.5. The zero-order valence-electron chi connectivity index (χ0n) is 16.2. The first kappa shape index (κ1) is 18.5. The lowest BCUT2D eigenvalue weighted by molar-refractivity contribution is 0.415. The summed E-state index contributed by atoms with van der Waals surface area (Å²) in [5.41, 5.74) is 4.17. The molecule has 0 atom stereocenters. The largest absolute Gasteiger partial charge is 0.497 e. The van der Waals surface area contributed by atoms with Crippen molar-refractivity contribution in [3.8, 4) is 17.0 Å². The van der Waals surface area contributed by atoms with E-state index < -0.39 is 0 Å². The van der Waals surface area contributed by atoms with Crippen molar-refractivity contribution >= 4 is 28.4 Å². The van der Waals surface area contributed by atoms with Gasteiger partial charge in [-0.3, -0.25) is 4.79 Å². The molecule has 0 aliphatic carbocycles. The van der Waals surface area contributed by atoms with Crippen LogP contribution in [-0.2, 0) is 6.54 Å². The smallest absolute Gasteiger partial charge is 0.260 e. The maximum absolute atomic E-state index is 13.1. The molecule has 0 spiro atoms. The summed E-state index contributed by atoms with van der Waals surface area (Å²) >= 11 is 6.04. The van der Waals surface area contributed by atoms with Crippen molar-refractivity contribution in [3.63, 3.8) is 0 Å². The van der Waals surface area contributed by atoms with Crippen LogP contribution in [0.5, 0.6) is 5.75 Å². The molecule has 0 aliphatic heterocycles. The van der Waals surface area contributed by atoms with Gasteiger partial charge in [0.2, 0.25) is 5.78 Å². The summed E-state index contributed by atoms with van der Waals surface area (Å²) in [7, 11) is 1.62. The highest BCUT2D eigenvalue weighted by Gasteiger charge is 2.15. The fourth-order valence-corrected chi connectivity index (χ4v) is 3.85. The number of halogens is 1. The number of methoxy groups -OCH3 is 1. The van der Waals surface area contributed by atoms with E-state index in [0.29, 0.717) is 23.0 Å². The zero-order chi connectivity index (χ0) is 20.7. The van der Waals surface area contributed by atoms with Crippen LogP contribution < -0.4 is 10.3 Å². The predicted molar refractivity (Wildman–Crippen MR) is 120 cm³/mol. The molecule has 0 unspecified atom stereocenters. The lowest BCUT2D eigenvalue weighted by atomic mass is 10.1. The van der Waals surface area contributed by atoms with Crippen LogP contribution >= 0.6 is 11.6 Å². The quantitative estimate of drug-likeness (QED) is 0.414. The maximum Gasteiger partial charge on any atom is 0.260 e. The van der Waals surface area contributed by atoms with Crippen LogP contribution in [0.2, 0.25) is 5.02 Å². The summed E-state index contributed by atoms with van der Waals surface area (Å²) in [6.45, 7) is 0.572. The third-order valence-electron chi connectivity index (χ3n) is 5.18. The first-order valence-corrected chi connectivity index (χ1v) is 9.92. The number of fused-ring (bicyclic) bond motifs is 3. The monoisotopic (exact) mass is 415 g/mol. The number of nitrogens with zero attached hydrogens (tertiary/aromatic N) is 3. The molecule has 0 fully saturated rings. The number of hydrogen-bond acceptors (Lipinski definition) is 3. The van der Waals surface area contributed by atoms with Gasteiger partial charge in [0.1, 0.15) is 5.75 Å². The number of para-hydroxylation sites is 2. The lowest BCUT2D eigenvalue weighted by Gasteiger charge is -2.08. The van der Waals surface area contributed by atoms with Gasteiger partial charge < -0.3 is 9.30 Å². The van der Waals surface area contributed by atoms with Gasteiger partial charge in [-0.15, -0.1) is 0 Å². The van der Waals surface area contributed by atoms with Crippen molar-refractivity contribution in [1.29, 1.82) is 0 Å². The van der Waals surface area contributed by atoms with E-state index in [1.165, 1.54) is 0 Å². The van der Waals surface area contributed by atoms with Crippen LogP contribution in [0.25, 0.3) is 28.1 Å². The van der Waals surface area contributed by atoms with E-state index in [2.05, 4.69) is 4.57 Å². The molecule has 30 heavy (non-hydrogen) atoms. The molecule has 0 N–H and O–H groups in total. The highest BCUT2D eigenvalue weighted by molar-refractivity contribution is 6.30. The Bertz CT molecular complexity index is 1440. The summed E-state index contributed by atoms with van der Waals surface area (Å²) in [4.78, 5) is 18.0. The van der Waals surface area contributed by atoms with E-state index in [1.54, 1.807) is 17.6 Å². The molecule has 5 rings (SSSR count). The Morgan fingerprint density at radius 3 is 2.47 bits per heavy atom. The normalized spacial score (nSPS) is 11.3. The van der Waals surface area contributed by atoms with Gasteiger partial charge >= 0.3 is 0 Å². The first-order valence-electron chi connectivity index (χ1n) is 9.54. The second-order valence-corrected chi connectivity index (χ2v) is 7.48. The summed E-state index contributed by atoms with van der Waals surface area (Å²) < 4.78 is 9.05. The molecule has 0 bridgehead atoms. The van der Waals surface area contributed by atoms with Crippen molar-refractivity contribution in [1.82, 2.24) is 14.0 Å². The summed E-state index contributed by atoms with van der Waals surface area (Å²) in [5.74, 6) is 1.31. The van der Waals surface area contributed by atoms with E-state index in [4.69, 9.17) is 21.3 Å². The topological polar surface area (TPSA) is 48.5 Å². The summed E-state index contributed by atoms with van der Waals surface area (Å²) in [5, 5.41) is 0.690. The molecule has 0 saturated carbocycles. The van der Waals surface area contributed by atoms with Gasteiger partial charge in [0, 0.05) is 16.7 Å². The van der Waals surface area contributed by atoms with Crippen molar-refractivity contribution in [2.24, 2.45) is 0 Å². The molecule has 0 aliphatic rings. The molecule has 6 heteroatoms.